The number of carboxylic acid groups (broad SMARTS) is 2. The van der Waals surface area contributed by atoms with Gasteiger partial charge in [-0.1, -0.05) is 18.2 Å². The maximum atomic E-state index is 13.0. The molecule has 1 aromatic carbocycles. The van der Waals surface area contributed by atoms with E-state index in [1.807, 2.05) is 29.6 Å². The van der Waals surface area contributed by atoms with Crippen molar-refractivity contribution >= 4 is 52.4 Å². The van der Waals surface area contributed by atoms with E-state index in [4.69, 9.17) is 22.3 Å². The van der Waals surface area contributed by atoms with Crippen LogP contribution >= 0.6 is 0 Å². The Morgan fingerprint density at radius 3 is 1.85 bits per heavy atom. The van der Waals surface area contributed by atoms with Gasteiger partial charge in [-0.3, -0.25) is 28.8 Å². The third-order valence-corrected chi connectivity index (χ3v) is 5.79. The molecular weight excluding hydrogens is 530 g/mol. The summed E-state index contributed by atoms with van der Waals surface area (Å²) in [5, 5.41) is 25.4. The topological polar surface area (TPSA) is 290 Å². The normalized spacial score (nSPS) is 13.8. The highest BCUT2D eigenvalue weighted by Crippen LogP contribution is 2.18. The molecule has 0 bridgehead atoms. The molecule has 216 valence electrons. The number of H-pyrrole nitrogens is 1. The van der Waals surface area contributed by atoms with Crippen LogP contribution in [0.3, 0.4) is 0 Å². The van der Waals surface area contributed by atoms with Gasteiger partial charge in [0, 0.05) is 23.5 Å². The van der Waals surface area contributed by atoms with E-state index in [2.05, 4.69) is 15.6 Å². The number of rotatable bonds is 16. The van der Waals surface area contributed by atoms with Crippen molar-refractivity contribution in [3.8, 4) is 0 Å². The van der Waals surface area contributed by atoms with Crippen molar-refractivity contribution in [2.45, 2.75) is 56.3 Å². The van der Waals surface area contributed by atoms with Crippen LogP contribution in [0.4, 0.5) is 0 Å². The highest BCUT2D eigenvalue weighted by molar-refractivity contribution is 5.97. The van der Waals surface area contributed by atoms with Gasteiger partial charge in [0.1, 0.15) is 18.1 Å². The SMILES string of the molecule is NC(=O)CC(NC(=O)C(N)Cc1c[nH]c2ccccc12)C(=O)NC(CC(N)=O)C(=O)NC(CCC(=O)O)C(=O)O. The number of amides is 5. The van der Waals surface area contributed by atoms with E-state index in [0.717, 1.165) is 16.5 Å². The van der Waals surface area contributed by atoms with Crippen LogP contribution in [0.2, 0.25) is 0 Å². The zero-order valence-electron chi connectivity index (χ0n) is 21.2. The van der Waals surface area contributed by atoms with Crippen molar-refractivity contribution in [1.29, 1.82) is 0 Å². The van der Waals surface area contributed by atoms with Crippen molar-refractivity contribution < 1.29 is 43.8 Å². The number of carboxylic acids is 2. The number of hydrogen-bond acceptors (Lipinski definition) is 8. The van der Waals surface area contributed by atoms with Crippen molar-refractivity contribution in [1.82, 2.24) is 20.9 Å². The van der Waals surface area contributed by atoms with Crippen LogP contribution in [0.15, 0.2) is 30.5 Å². The first kappa shape index (κ1) is 31.2. The fraction of sp³-hybridized carbons (Fsp3) is 0.375. The summed E-state index contributed by atoms with van der Waals surface area (Å²) in [5.41, 5.74) is 17.9. The average molecular weight is 562 g/mol. The molecule has 1 heterocycles. The van der Waals surface area contributed by atoms with E-state index in [1.165, 1.54) is 0 Å². The minimum Gasteiger partial charge on any atom is -0.481 e. The number of carbonyl (C=O) groups excluding carboxylic acids is 5. The molecule has 4 unspecified atom stereocenters. The maximum absolute atomic E-state index is 13.0. The molecule has 40 heavy (non-hydrogen) atoms. The molecule has 5 amide bonds. The lowest BCUT2D eigenvalue weighted by Gasteiger charge is -2.24. The summed E-state index contributed by atoms with van der Waals surface area (Å²) < 4.78 is 0. The number of aliphatic carboxylic acids is 2. The van der Waals surface area contributed by atoms with Gasteiger partial charge >= 0.3 is 11.9 Å². The fourth-order valence-corrected chi connectivity index (χ4v) is 3.80. The van der Waals surface area contributed by atoms with E-state index in [-0.39, 0.29) is 6.42 Å². The predicted molar refractivity (Wildman–Crippen MR) is 138 cm³/mol. The third-order valence-electron chi connectivity index (χ3n) is 5.79. The summed E-state index contributed by atoms with van der Waals surface area (Å²) >= 11 is 0. The molecular formula is C24H31N7O9. The first-order chi connectivity index (χ1) is 18.8. The molecule has 0 spiro atoms. The zero-order valence-corrected chi connectivity index (χ0v) is 21.2. The summed E-state index contributed by atoms with van der Waals surface area (Å²) in [6, 6.07) is 1.16. The van der Waals surface area contributed by atoms with E-state index in [9.17, 15) is 38.7 Å². The van der Waals surface area contributed by atoms with Gasteiger partial charge in [-0.15, -0.1) is 0 Å². The third kappa shape index (κ3) is 9.39. The van der Waals surface area contributed by atoms with Crippen LogP contribution < -0.4 is 33.2 Å². The molecule has 0 fully saturated rings. The van der Waals surface area contributed by atoms with Gasteiger partial charge < -0.3 is 48.3 Å². The minimum atomic E-state index is -1.72. The van der Waals surface area contributed by atoms with Gasteiger partial charge in [0.05, 0.1) is 18.9 Å². The van der Waals surface area contributed by atoms with Crippen molar-refractivity contribution in [3.05, 3.63) is 36.0 Å². The number of primary amides is 2. The van der Waals surface area contributed by atoms with E-state index >= 15 is 0 Å². The molecule has 2 aromatic rings. The molecule has 2 rings (SSSR count). The molecule has 16 nitrogen and oxygen atoms in total. The lowest BCUT2D eigenvalue weighted by atomic mass is 10.0. The first-order valence-electron chi connectivity index (χ1n) is 12.0. The Kier molecular flexibility index (Phi) is 11.1. The molecule has 12 N–H and O–H groups in total. The molecule has 4 atom stereocenters. The van der Waals surface area contributed by atoms with Gasteiger partial charge in [-0.05, 0) is 24.5 Å². The van der Waals surface area contributed by atoms with Crippen LogP contribution in [-0.2, 0) is 40.0 Å². The van der Waals surface area contributed by atoms with Gasteiger partial charge in [0.25, 0.3) is 0 Å². The Bertz CT molecular complexity index is 1290. The smallest absolute Gasteiger partial charge is 0.326 e. The summed E-state index contributed by atoms with van der Waals surface area (Å²) in [6.45, 7) is 0. The summed E-state index contributed by atoms with van der Waals surface area (Å²) in [5.74, 6) is -7.98. The number of fused-ring (bicyclic) bond motifs is 1. The second-order valence-electron chi connectivity index (χ2n) is 8.97. The largest absolute Gasteiger partial charge is 0.481 e. The standard InChI is InChI=1S/C24H31N7O9/c25-13(7-11-10-28-14-4-2-1-3-12(11)14)21(36)30-16(8-18(26)32)23(38)31-17(9-19(27)33)22(37)29-15(24(39)40)5-6-20(34)35/h1-4,10,13,15-17,28H,5-9,25H2,(H2,26,32)(H2,27,33)(H,29,37)(H,30,36)(H,31,38)(H,34,35)(H,39,40). The lowest BCUT2D eigenvalue weighted by Crippen LogP contribution is -2.58. The molecule has 0 saturated heterocycles. The molecule has 0 aliphatic rings. The maximum Gasteiger partial charge on any atom is 0.326 e. The number of nitrogens with two attached hydrogens (primary N) is 3. The number of carbonyl (C=O) groups is 7. The van der Waals surface area contributed by atoms with Crippen LogP contribution in [0.25, 0.3) is 10.9 Å². The van der Waals surface area contributed by atoms with E-state index < -0.39 is 91.3 Å². The van der Waals surface area contributed by atoms with Crippen molar-refractivity contribution in [2.75, 3.05) is 0 Å². The predicted octanol–water partition coefficient (Wildman–Crippen LogP) is -2.81. The number of benzene rings is 1. The van der Waals surface area contributed by atoms with Crippen LogP contribution in [0.1, 0.15) is 31.2 Å². The molecule has 0 radical (unpaired) electrons. The number of nitrogens with one attached hydrogen (secondary N) is 4. The van der Waals surface area contributed by atoms with Crippen molar-refractivity contribution in [2.24, 2.45) is 17.2 Å². The summed E-state index contributed by atoms with van der Waals surface area (Å²) in [7, 11) is 0. The van der Waals surface area contributed by atoms with Gasteiger partial charge in [0.2, 0.25) is 29.5 Å². The lowest BCUT2D eigenvalue weighted by molar-refractivity contribution is -0.143. The molecule has 0 aliphatic heterocycles. The molecule has 1 aromatic heterocycles. The van der Waals surface area contributed by atoms with Gasteiger partial charge in [0.15, 0.2) is 0 Å². The second kappa shape index (κ2) is 14.2. The Labute approximate surface area is 227 Å². The highest BCUT2D eigenvalue weighted by Gasteiger charge is 2.32. The Balaban J connectivity index is 2.14. The van der Waals surface area contributed by atoms with Crippen LogP contribution in [0.5, 0.6) is 0 Å². The number of aromatic nitrogens is 1. The Hall–Kier alpha value is -4.99. The quantitative estimate of drug-likeness (QED) is 0.101. The molecule has 0 saturated carbocycles. The van der Waals surface area contributed by atoms with E-state index in [0.29, 0.717) is 0 Å². The molecule has 0 aliphatic carbocycles. The summed E-state index contributed by atoms with van der Waals surface area (Å²) in [4.78, 5) is 86.8. The molecule has 16 heteroatoms. The number of hydrogen-bond donors (Lipinski definition) is 9. The van der Waals surface area contributed by atoms with Gasteiger partial charge in [-0.25, -0.2) is 4.79 Å². The zero-order chi connectivity index (χ0) is 30.0. The number of para-hydroxylation sites is 1. The Morgan fingerprint density at radius 2 is 1.32 bits per heavy atom. The monoisotopic (exact) mass is 561 g/mol. The second-order valence-corrected chi connectivity index (χ2v) is 8.97. The Morgan fingerprint density at radius 1 is 0.800 bits per heavy atom. The van der Waals surface area contributed by atoms with Crippen molar-refractivity contribution in [3.63, 3.8) is 0 Å². The average Bonchev–Trinajstić information content (AvgIpc) is 3.27. The van der Waals surface area contributed by atoms with Crippen LogP contribution in [-0.4, -0.2) is 80.8 Å². The minimum absolute atomic E-state index is 0.0698. The van der Waals surface area contributed by atoms with Gasteiger partial charge in [-0.2, -0.15) is 0 Å². The van der Waals surface area contributed by atoms with E-state index in [1.54, 1.807) is 6.20 Å². The fourth-order valence-electron chi connectivity index (χ4n) is 3.80. The van der Waals surface area contributed by atoms with Crippen LogP contribution in [0, 0.1) is 0 Å². The highest BCUT2D eigenvalue weighted by atomic mass is 16.4. The summed E-state index contributed by atoms with van der Waals surface area (Å²) in [6.07, 6.45) is -0.795. The first-order valence-corrected chi connectivity index (χ1v) is 12.0. The number of aromatic amines is 1.